The number of fused-ring (bicyclic) bond motifs is 3. The van der Waals surface area contributed by atoms with Crippen LogP contribution in [0.5, 0.6) is 0 Å². The fourth-order valence-electron chi connectivity index (χ4n) is 1.89. The Morgan fingerprint density at radius 2 is 1.71 bits per heavy atom. The van der Waals surface area contributed by atoms with E-state index >= 15 is 0 Å². The number of hydrogen-bond acceptors (Lipinski definition) is 2. The minimum Gasteiger partial charge on any atom is -0.0890 e. The maximum absolute atomic E-state index is 2.28. The fourth-order valence-corrected chi connectivity index (χ4v) is 4.15. The van der Waals surface area contributed by atoms with Gasteiger partial charge in [0.1, 0.15) is 0 Å². The predicted octanol–water partition coefficient (Wildman–Crippen LogP) is 4.23. The predicted molar refractivity (Wildman–Crippen MR) is 66.5 cm³/mol. The van der Waals surface area contributed by atoms with E-state index in [1.165, 1.54) is 16.3 Å². The summed E-state index contributed by atoms with van der Waals surface area (Å²) in [4.78, 5) is 0. The van der Waals surface area contributed by atoms with Crippen molar-refractivity contribution in [2.75, 3.05) is 0 Å². The summed E-state index contributed by atoms with van der Waals surface area (Å²) in [6.07, 6.45) is 0. The summed E-state index contributed by atoms with van der Waals surface area (Å²) < 4.78 is 0. The van der Waals surface area contributed by atoms with E-state index < -0.39 is 0 Å². The average Bonchev–Trinajstić information content (AvgIpc) is 2.29. The highest BCUT2D eigenvalue weighted by atomic mass is 33.1. The van der Waals surface area contributed by atoms with Crippen LogP contribution in [0.15, 0.2) is 36.4 Å². The SMILES string of the molecule is c1ccc2c3c(ccc2c1)CSSC3. The fraction of sp³-hybridized carbons (Fsp3) is 0.167. The molecule has 0 unspecified atom stereocenters. The lowest BCUT2D eigenvalue weighted by Crippen LogP contribution is -1.95. The molecule has 0 spiro atoms. The Morgan fingerprint density at radius 3 is 2.71 bits per heavy atom. The first-order valence-electron chi connectivity index (χ1n) is 4.69. The van der Waals surface area contributed by atoms with Gasteiger partial charge in [-0.1, -0.05) is 58.0 Å². The topological polar surface area (TPSA) is 0 Å². The highest BCUT2D eigenvalue weighted by Crippen LogP contribution is 2.39. The van der Waals surface area contributed by atoms with Gasteiger partial charge < -0.3 is 0 Å². The van der Waals surface area contributed by atoms with Gasteiger partial charge in [-0.25, -0.2) is 0 Å². The van der Waals surface area contributed by atoms with Crippen molar-refractivity contribution in [1.82, 2.24) is 0 Å². The standard InChI is InChI=1S/C12H10S2/c1-2-4-11-9(3-1)5-6-10-7-13-14-8-12(10)11/h1-6H,7-8H2. The van der Waals surface area contributed by atoms with E-state index in [0.717, 1.165) is 11.5 Å². The molecule has 2 aromatic rings. The van der Waals surface area contributed by atoms with Gasteiger partial charge in [0, 0.05) is 11.5 Å². The maximum atomic E-state index is 2.28. The number of hydrogen-bond donors (Lipinski definition) is 0. The molecular formula is C12H10S2. The zero-order chi connectivity index (χ0) is 9.38. The Hall–Kier alpha value is -0.600. The summed E-state index contributed by atoms with van der Waals surface area (Å²) in [5.41, 5.74) is 3.07. The highest BCUT2D eigenvalue weighted by Gasteiger charge is 2.12. The lowest BCUT2D eigenvalue weighted by atomic mass is 10.0. The molecule has 1 aliphatic rings. The number of benzene rings is 2. The second kappa shape index (κ2) is 3.52. The van der Waals surface area contributed by atoms with Gasteiger partial charge >= 0.3 is 0 Å². The largest absolute Gasteiger partial charge is 0.0890 e. The third-order valence-corrected chi connectivity index (χ3v) is 4.85. The zero-order valence-corrected chi connectivity index (χ0v) is 9.33. The molecule has 0 radical (unpaired) electrons. The first-order chi connectivity index (χ1) is 6.95. The van der Waals surface area contributed by atoms with Gasteiger partial charge in [-0.3, -0.25) is 0 Å². The molecule has 70 valence electrons. The van der Waals surface area contributed by atoms with Crippen molar-refractivity contribution in [3.8, 4) is 0 Å². The maximum Gasteiger partial charge on any atom is 0.0298 e. The minimum absolute atomic E-state index is 1.15. The van der Waals surface area contributed by atoms with Crippen LogP contribution in [-0.4, -0.2) is 0 Å². The second-order valence-corrected chi connectivity index (χ2v) is 5.91. The van der Waals surface area contributed by atoms with Crippen LogP contribution in [0.2, 0.25) is 0 Å². The molecule has 0 aromatic heterocycles. The molecule has 0 aliphatic carbocycles. The molecule has 1 aliphatic heterocycles. The van der Waals surface area contributed by atoms with Crippen LogP contribution in [0.1, 0.15) is 11.1 Å². The summed E-state index contributed by atoms with van der Waals surface area (Å²) in [5, 5.41) is 2.82. The first kappa shape index (κ1) is 8.69. The zero-order valence-electron chi connectivity index (χ0n) is 7.69. The second-order valence-electron chi connectivity index (χ2n) is 3.45. The molecule has 0 fully saturated rings. The highest BCUT2D eigenvalue weighted by molar-refractivity contribution is 8.76. The van der Waals surface area contributed by atoms with Crippen molar-refractivity contribution in [1.29, 1.82) is 0 Å². The smallest absolute Gasteiger partial charge is 0.0298 e. The van der Waals surface area contributed by atoms with Crippen LogP contribution in [0.4, 0.5) is 0 Å². The van der Waals surface area contributed by atoms with Crippen molar-refractivity contribution in [3.63, 3.8) is 0 Å². The summed E-state index contributed by atoms with van der Waals surface area (Å²) in [6.45, 7) is 0. The molecule has 2 aromatic carbocycles. The van der Waals surface area contributed by atoms with Crippen LogP contribution in [0.25, 0.3) is 10.8 Å². The van der Waals surface area contributed by atoms with E-state index in [1.54, 1.807) is 5.56 Å². The van der Waals surface area contributed by atoms with Gasteiger partial charge in [-0.2, -0.15) is 0 Å². The Morgan fingerprint density at radius 1 is 0.857 bits per heavy atom. The van der Waals surface area contributed by atoms with Gasteiger partial charge in [0.25, 0.3) is 0 Å². The van der Waals surface area contributed by atoms with E-state index in [4.69, 9.17) is 0 Å². The Labute approximate surface area is 91.5 Å². The molecule has 0 saturated heterocycles. The number of rotatable bonds is 0. The van der Waals surface area contributed by atoms with Crippen molar-refractivity contribution >= 4 is 32.4 Å². The normalized spacial score (nSPS) is 15.4. The monoisotopic (exact) mass is 218 g/mol. The third-order valence-electron chi connectivity index (χ3n) is 2.64. The van der Waals surface area contributed by atoms with E-state index in [9.17, 15) is 0 Å². The molecule has 0 amide bonds. The summed E-state index contributed by atoms with van der Waals surface area (Å²) in [5.74, 6) is 2.31. The van der Waals surface area contributed by atoms with E-state index in [2.05, 4.69) is 36.4 Å². The van der Waals surface area contributed by atoms with Crippen LogP contribution in [0, 0.1) is 0 Å². The molecular weight excluding hydrogens is 208 g/mol. The van der Waals surface area contributed by atoms with E-state index in [-0.39, 0.29) is 0 Å². The van der Waals surface area contributed by atoms with Crippen LogP contribution in [-0.2, 0) is 11.5 Å². The Balaban J connectivity index is 2.34. The summed E-state index contributed by atoms with van der Waals surface area (Å²) in [6, 6.07) is 13.2. The molecule has 0 atom stereocenters. The first-order valence-corrected chi connectivity index (χ1v) is 7.18. The lowest BCUT2D eigenvalue weighted by molar-refractivity contribution is 1.31. The minimum atomic E-state index is 1.15. The van der Waals surface area contributed by atoms with Gasteiger partial charge in [-0.05, 0) is 21.9 Å². The molecule has 1 heterocycles. The van der Waals surface area contributed by atoms with E-state index in [1.807, 2.05) is 21.6 Å². The molecule has 0 bridgehead atoms. The van der Waals surface area contributed by atoms with Gasteiger partial charge in [0.05, 0.1) is 0 Å². The van der Waals surface area contributed by atoms with Crippen molar-refractivity contribution in [2.24, 2.45) is 0 Å². The summed E-state index contributed by atoms with van der Waals surface area (Å²) in [7, 11) is 3.93. The van der Waals surface area contributed by atoms with Crippen LogP contribution in [0.3, 0.4) is 0 Å². The van der Waals surface area contributed by atoms with E-state index in [0.29, 0.717) is 0 Å². The molecule has 0 nitrogen and oxygen atoms in total. The molecule has 0 saturated carbocycles. The van der Waals surface area contributed by atoms with Gasteiger partial charge in [0.2, 0.25) is 0 Å². The lowest BCUT2D eigenvalue weighted by Gasteiger charge is -2.16. The van der Waals surface area contributed by atoms with Crippen molar-refractivity contribution in [2.45, 2.75) is 11.5 Å². The van der Waals surface area contributed by atoms with Gasteiger partial charge in [0.15, 0.2) is 0 Å². The van der Waals surface area contributed by atoms with Crippen molar-refractivity contribution in [3.05, 3.63) is 47.5 Å². The Kier molecular flexibility index (Phi) is 2.18. The quantitative estimate of drug-likeness (QED) is 0.607. The van der Waals surface area contributed by atoms with Gasteiger partial charge in [-0.15, -0.1) is 0 Å². The van der Waals surface area contributed by atoms with Crippen LogP contribution >= 0.6 is 21.6 Å². The third kappa shape index (κ3) is 1.33. The molecule has 2 heteroatoms. The Bertz CT molecular complexity index is 477. The average molecular weight is 218 g/mol. The molecule has 0 N–H and O–H groups in total. The summed E-state index contributed by atoms with van der Waals surface area (Å²) >= 11 is 0. The molecule has 3 rings (SSSR count). The van der Waals surface area contributed by atoms with Crippen LogP contribution < -0.4 is 0 Å². The van der Waals surface area contributed by atoms with Crippen molar-refractivity contribution < 1.29 is 0 Å². The molecule has 14 heavy (non-hydrogen) atoms.